The number of allylic oxidation sites excluding steroid dienone is 1. The summed E-state index contributed by atoms with van der Waals surface area (Å²) in [6, 6.07) is 0. The number of carbonyl (C=O) groups is 2. The summed E-state index contributed by atoms with van der Waals surface area (Å²) in [7, 11) is 0. The van der Waals surface area contributed by atoms with Crippen LogP contribution in [0.4, 0.5) is 0 Å². The summed E-state index contributed by atoms with van der Waals surface area (Å²) in [4.78, 5) is 27.6. The Morgan fingerprint density at radius 2 is 2.12 bits per heavy atom. The Labute approximate surface area is 95.2 Å². The fraction of sp³-hybridized carbons (Fsp3) is 0.636. The first-order valence-corrected chi connectivity index (χ1v) is 5.56. The molecule has 0 aromatic heterocycles. The van der Waals surface area contributed by atoms with Crippen LogP contribution in [-0.2, 0) is 14.4 Å². The van der Waals surface area contributed by atoms with E-state index >= 15 is 0 Å². The summed E-state index contributed by atoms with van der Waals surface area (Å²) in [5.41, 5.74) is 5.89. The molecule has 5 heteroatoms. The standard InChI is InChI=1S/C11H18N2O3/c1-9-6-7-10(14)13(9)16-11(15)5-3-2-4-8-12/h1-8,12H2. The van der Waals surface area contributed by atoms with Gasteiger partial charge < -0.3 is 10.6 Å². The molecule has 1 saturated heterocycles. The summed E-state index contributed by atoms with van der Waals surface area (Å²) < 4.78 is 0. The monoisotopic (exact) mass is 226 g/mol. The quantitative estimate of drug-likeness (QED) is 0.688. The van der Waals surface area contributed by atoms with Gasteiger partial charge in [0.1, 0.15) is 0 Å². The average molecular weight is 226 g/mol. The summed E-state index contributed by atoms with van der Waals surface area (Å²) in [6.45, 7) is 4.30. The van der Waals surface area contributed by atoms with Crippen LogP contribution in [0.15, 0.2) is 12.3 Å². The van der Waals surface area contributed by atoms with Gasteiger partial charge >= 0.3 is 5.97 Å². The van der Waals surface area contributed by atoms with Crippen molar-refractivity contribution in [3.63, 3.8) is 0 Å². The van der Waals surface area contributed by atoms with Crippen LogP contribution >= 0.6 is 0 Å². The molecule has 2 N–H and O–H groups in total. The highest BCUT2D eigenvalue weighted by Crippen LogP contribution is 2.21. The zero-order chi connectivity index (χ0) is 12.0. The number of hydrogen-bond acceptors (Lipinski definition) is 4. The number of rotatable bonds is 6. The van der Waals surface area contributed by atoms with Gasteiger partial charge in [-0.1, -0.05) is 13.0 Å². The van der Waals surface area contributed by atoms with Crippen LogP contribution in [0.2, 0.25) is 0 Å². The largest absolute Gasteiger partial charge is 0.334 e. The summed E-state index contributed by atoms with van der Waals surface area (Å²) in [6.07, 6.45) is 3.81. The first kappa shape index (κ1) is 12.7. The fourth-order valence-corrected chi connectivity index (χ4v) is 1.48. The topological polar surface area (TPSA) is 72.6 Å². The molecule has 0 spiro atoms. The van der Waals surface area contributed by atoms with Gasteiger partial charge in [0.25, 0.3) is 5.91 Å². The third-order valence-corrected chi connectivity index (χ3v) is 2.42. The van der Waals surface area contributed by atoms with Crippen molar-refractivity contribution in [3.05, 3.63) is 12.3 Å². The lowest BCUT2D eigenvalue weighted by molar-refractivity contribution is -0.186. The number of amides is 1. The highest BCUT2D eigenvalue weighted by atomic mass is 16.7. The Balaban J connectivity index is 2.23. The Kier molecular flexibility index (Phi) is 4.98. The number of nitrogens with two attached hydrogens (primary N) is 1. The molecule has 1 fully saturated rings. The van der Waals surface area contributed by atoms with Crippen molar-refractivity contribution in [1.82, 2.24) is 5.06 Å². The second-order valence-electron chi connectivity index (χ2n) is 3.82. The van der Waals surface area contributed by atoms with Crippen LogP contribution in [0.3, 0.4) is 0 Å². The average Bonchev–Trinajstić information content (AvgIpc) is 2.56. The highest BCUT2D eigenvalue weighted by molar-refractivity contribution is 5.82. The van der Waals surface area contributed by atoms with Crippen molar-refractivity contribution in [2.24, 2.45) is 5.73 Å². The molecular weight excluding hydrogens is 208 g/mol. The van der Waals surface area contributed by atoms with E-state index < -0.39 is 0 Å². The molecule has 0 aromatic rings. The molecule has 0 aliphatic carbocycles. The number of carbonyl (C=O) groups excluding carboxylic acids is 2. The van der Waals surface area contributed by atoms with Crippen LogP contribution in [0, 0.1) is 0 Å². The second-order valence-corrected chi connectivity index (χ2v) is 3.82. The van der Waals surface area contributed by atoms with Gasteiger partial charge in [-0.15, -0.1) is 5.06 Å². The Bertz CT molecular complexity index is 273. The number of nitrogens with zero attached hydrogens (tertiary/aromatic N) is 1. The van der Waals surface area contributed by atoms with Gasteiger partial charge in [0.2, 0.25) is 0 Å². The molecule has 1 aliphatic heterocycles. The number of hydroxylamine groups is 2. The molecule has 0 aromatic carbocycles. The maximum Gasteiger partial charge on any atom is 0.333 e. The lowest BCUT2D eigenvalue weighted by Gasteiger charge is -2.15. The molecule has 0 unspecified atom stereocenters. The van der Waals surface area contributed by atoms with Crippen molar-refractivity contribution >= 4 is 11.9 Å². The van der Waals surface area contributed by atoms with Gasteiger partial charge in [-0.2, -0.15) is 0 Å². The Morgan fingerprint density at radius 3 is 2.69 bits per heavy atom. The molecule has 1 rings (SSSR count). The van der Waals surface area contributed by atoms with Crippen LogP contribution in [-0.4, -0.2) is 23.5 Å². The Morgan fingerprint density at radius 1 is 1.38 bits per heavy atom. The molecule has 16 heavy (non-hydrogen) atoms. The highest BCUT2D eigenvalue weighted by Gasteiger charge is 2.27. The molecule has 90 valence electrons. The second kappa shape index (κ2) is 6.27. The zero-order valence-electron chi connectivity index (χ0n) is 9.41. The summed E-state index contributed by atoms with van der Waals surface area (Å²) >= 11 is 0. The van der Waals surface area contributed by atoms with E-state index in [1.807, 2.05) is 0 Å². The lowest BCUT2D eigenvalue weighted by Crippen LogP contribution is -2.26. The smallest absolute Gasteiger partial charge is 0.333 e. The molecule has 1 heterocycles. The minimum Gasteiger partial charge on any atom is -0.334 e. The molecule has 0 atom stereocenters. The van der Waals surface area contributed by atoms with Gasteiger partial charge in [0, 0.05) is 12.8 Å². The summed E-state index contributed by atoms with van der Waals surface area (Å²) in [5.74, 6) is -0.575. The van der Waals surface area contributed by atoms with Crippen LogP contribution in [0.5, 0.6) is 0 Å². The van der Waals surface area contributed by atoms with Crippen LogP contribution in [0.1, 0.15) is 38.5 Å². The number of unbranched alkanes of at least 4 members (excludes halogenated alkanes) is 2. The van der Waals surface area contributed by atoms with E-state index in [4.69, 9.17) is 10.6 Å². The molecule has 1 amide bonds. The zero-order valence-corrected chi connectivity index (χ0v) is 9.41. The third-order valence-electron chi connectivity index (χ3n) is 2.42. The molecular formula is C11H18N2O3. The van der Waals surface area contributed by atoms with E-state index in [0.717, 1.165) is 24.3 Å². The maximum atomic E-state index is 11.4. The van der Waals surface area contributed by atoms with E-state index in [-0.39, 0.29) is 11.9 Å². The number of hydrogen-bond donors (Lipinski definition) is 1. The molecule has 5 nitrogen and oxygen atoms in total. The van der Waals surface area contributed by atoms with E-state index in [1.165, 1.54) is 0 Å². The van der Waals surface area contributed by atoms with Crippen molar-refractivity contribution in [2.45, 2.75) is 38.5 Å². The molecule has 0 saturated carbocycles. The van der Waals surface area contributed by atoms with Crippen molar-refractivity contribution in [1.29, 1.82) is 0 Å². The van der Waals surface area contributed by atoms with Crippen molar-refractivity contribution < 1.29 is 14.4 Å². The predicted molar refractivity (Wildman–Crippen MR) is 58.8 cm³/mol. The predicted octanol–water partition coefficient (Wildman–Crippen LogP) is 1.10. The Hall–Kier alpha value is -1.36. The van der Waals surface area contributed by atoms with Crippen LogP contribution in [0.25, 0.3) is 0 Å². The van der Waals surface area contributed by atoms with E-state index in [9.17, 15) is 9.59 Å². The molecule has 0 radical (unpaired) electrons. The summed E-state index contributed by atoms with van der Waals surface area (Å²) in [5, 5.41) is 1.02. The molecule has 1 aliphatic rings. The fourth-order valence-electron chi connectivity index (χ4n) is 1.48. The normalized spacial score (nSPS) is 15.7. The molecule has 0 bridgehead atoms. The van der Waals surface area contributed by atoms with Crippen molar-refractivity contribution in [3.8, 4) is 0 Å². The van der Waals surface area contributed by atoms with Gasteiger partial charge in [-0.05, 0) is 25.8 Å². The first-order valence-electron chi connectivity index (χ1n) is 5.56. The van der Waals surface area contributed by atoms with Crippen molar-refractivity contribution in [2.75, 3.05) is 6.54 Å². The lowest BCUT2D eigenvalue weighted by atomic mass is 10.2. The third kappa shape index (κ3) is 3.66. The van der Waals surface area contributed by atoms with Gasteiger partial charge in [-0.25, -0.2) is 4.79 Å². The minimum absolute atomic E-state index is 0.194. The maximum absolute atomic E-state index is 11.4. The van der Waals surface area contributed by atoms with E-state index in [0.29, 0.717) is 31.5 Å². The minimum atomic E-state index is -0.381. The van der Waals surface area contributed by atoms with Gasteiger partial charge in [-0.3, -0.25) is 4.79 Å². The van der Waals surface area contributed by atoms with Crippen LogP contribution < -0.4 is 5.73 Å². The van der Waals surface area contributed by atoms with Gasteiger partial charge in [0.05, 0.1) is 5.70 Å². The SMILES string of the molecule is C=C1CCC(=O)N1OC(=O)CCCCCN. The van der Waals surface area contributed by atoms with Gasteiger partial charge in [0.15, 0.2) is 0 Å². The van der Waals surface area contributed by atoms with E-state index in [1.54, 1.807) is 0 Å². The van der Waals surface area contributed by atoms with E-state index in [2.05, 4.69) is 6.58 Å². The first-order chi connectivity index (χ1) is 7.65.